The molecule has 1 fully saturated rings. The van der Waals surface area contributed by atoms with E-state index in [1.54, 1.807) is 0 Å². The zero-order valence-corrected chi connectivity index (χ0v) is 11.6. The molecule has 0 aromatic rings. The van der Waals surface area contributed by atoms with E-state index in [0.717, 1.165) is 24.9 Å². The van der Waals surface area contributed by atoms with Crippen LogP contribution in [-0.4, -0.2) is 13.1 Å². The Kier molecular flexibility index (Phi) is 6.48. The van der Waals surface area contributed by atoms with Gasteiger partial charge in [0.1, 0.15) is 0 Å². The molecule has 2 heteroatoms. The van der Waals surface area contributed by atoms with Crippen molar-refractivity contribution in [3.05, 3.63) is 5.32 Å². The third kappa shape index (κ3) is 3.61. The van der Waals surface area contributed by atoms with Crippen LogP contribution in [0, 0.1) is 11.8 Å². The van der Waals surface area contributed by atoms with Gasteiger partial charge in [-0.25, -0.2) is 0 Å². The Bertz CT molecular complexity index is 67.3. The van der Waals surface area contributed by atoms with Crippen LogP contribution in [0.5, 0.6) is 0 Å². The van der Waals surface area contributed by atoms with Gasteiger partial charge in [-0.1, -0.05) is 26.2 Å². The predicted molar refractivity (Wildman–Crippen MR) is 36.0 cm³/mol. The molecule has 1 saturated heterocycles. The van der Waals surface area contributed by atoms with Gasteiger partial charge in [-0.2, -0.15) is 0 Å². The van der Waals surface area contributed by atoms with Crippen LogP contribution in [0.2, 0.25) is 0 Å². The van der Waals surface area contributed by atoms with E-state index in [-0.39, 0.29) is 58.2 Å². The standard InChI is InChI=1S/C7H14N.Rb/c1-6(2)7-3-4-8-5-7;/h6-7H,3-5H2,1-2H3;/q-1;+1. The second-order valence-electron chi connectivity index (χ2n) is 2.92. The molecular formula is C7H14NRb. The van der Waals surface area contributed by atoms with Crippen LogP contribution >= 0.6 is 0 Å². The minimum Gasteiger partial charge on any atom is -0.662 e. The molecule has 9 heavy (non-hydrogen) atoms. The first-order valence-electron chi connectivity index (χ1n) is 3.44. The fourth-order valence-electron chi connectivity index (χ4n) is 1.15. The van der Waals surface area contributed by atoms with Crippen LogP contribution < -0.4 is 58.2 Å². The van der Waals surface area contributed by atoms with Crippen LogP contribution in [0.25, 0.3) is 5.32 Å². The molecule has 1 atom stereocenters. The molecule has 0 aromatic heterocycles. The molecule has 1 aliphatic heterocycles. The van der Waals surface area contributed by atoms with Gasteiger partial charge in [-0.15, -0.1) is 13.1 Å². The van der Waals surface area contributed by atoms with Crippen molar-refractivity contribution < 1.29 is 58.2 Å². The van der Waals surface area contributed by atoms with Crippen molar-refractivity contribution in [2.24, 2.45) is 11.8 Å². The summed E-state index contributed by atoms with van der Waals surface area (Å²) in [6.07, 6.45) is 1.33. The smallest absolute Gasteiger partial charge is 0.662 e. The summed E-state index contributed by atoms with van der Waals surface area (Å²) < 4.78 is 0. The molecule has 0 bridgehead atoms. The Morgan fingerprint density at radius 1 is 1.44 bits per heavy atom. The van der Waals surface area contributed by atoms with Gasteiger partial charge in [0.2, 0.25) is 0 Å². The fraction of sp³-hybridized carbons (Fsp3) is 1.00. The fourth-order valence-corrected chi connectivity index (χ4v) is 1.15. The van der Waals surface area contributed by atoms with Crippen molar-refractivity contribution >= 4 is 0 Å². The summed E-state index contributed by atoms with van der Waals surface area (Å²) in [5.41, 5.74) is 0. The molecule has 1 aliphatic rings. The zero-order chi connectivity index (χ0) is 5.98. The van der Waals surface area contributed by atoms with Gasteiger partial charge in [0.05, 0.1) is 0 Å². The SMILES string of the molecule is CC(C)C1CC[N-]C1.[Rb+]. The molecular weight excluding hydrogens is 184 g/mol. The Hall–Kier alpha value is 1.77. The number of hydrogen-bond donors (Lipinski definition) is 0. The van der Waals surface area contributed by atoms with Gasteiger partial charge < -0.3 is 5.32 Å². The largest absolute Gasteiger partial charge is 1.00 e. The van der Waals surface area contributed by atoms with Crippen molar-refractivity contribution in [2.75, 3.05) is 13.1 Å². The summed E-state index contributed by atoms with van der Waals surface area (Å²) in [6, 6.07) is 0. The second kappa shape index (κ2) is 5.42. The molecule has 0 amide bonds. The van der Waals surface area contributed by atoms with Crippen molar-refractivity contribution in [3.63, 3.8) is 0 Å². The van der Waals surface area contributed by atoms with Crippen LogP contribution in [-0.2, 0) is 0 Å². The first-order valence-corrected chi connectivity index (χ1v) is 3.44. The van der Waals surface area contributed by atoms with Crippen molar-refractivity contribution in [3.8, 4) is 0 Å². The number of nitrogens with zero attached hydrogens (tertiary/aromatic N) is 1. The quantitative estimate of drug-likeness (QED) is 0.514. The van der Waals surface area contributed by atoms with E-state index in [0.29, 0.717) is 0 Å². The van der Waals surface area contributed by atoms with Crippen molar-refractivity contribution in [1.82, 2.24) is 0 Å². The molecule has 1 unspecified atom stereocenters. The van der Waals surface area contributed by atoms with Gasteiger partial charge >= 0.3 is 58.2 Å². The Morgan fingerprint density at radius 2 is 2.11 bits per heavy atom. The second-order valence-corrected chi connectivity index (χ2v) is 2.92. The van der Waals surface area contributed by atoms with Crippen molar-refractivity contribution in [2.45, 2.75) is 20.3 Å². The van der Waals surface area contributed by atoms with E-state index in [1.807, 2.05) is 0 Å². The van der Waals surface area contributed by atoms with Gasteiger partial charge in [0.25, 0.3) is 0 Å². The Balaban J connectivity index is 0.000000640. The minimum absolute atomic E-state index is 0. The Labute approximate surface area is 107 Å². The summed E-state index contributed by atoms with van der Waals surface area (Å²) in [6.45, 7) is 6.80. The van der Waals surface area contributed by atoms with Gasteiger partial charge in [0.15, 0.2) is 0 Å². The summed E-state index contributed by atoms with van der Waals surface area (Å²) in [5.74, 6) is 1.75. The van der Waals surface area contributed by atoms with E-state index < -0.39 is 0 Å². The molecule has 0 saturated carbocycles. The van der Waals surface area contributed by atoms with Gasteiger partial charge in [-0.3, -0.25) is 0 Å². The number of rotatable bonds is 1. The summed E-state index contributed by atoms with van der Waals surface area (Å²) >= 11 is 0. The first kappa shape index (κ1) is 10.8. The predicted octanol–water partition coefficient (Wildman–Crippen LogP) is -0.960. The first-order chi connectivity index (χ1) is 3.80. The minimum atomic E-state index is 0. The molecule has 48 valence electrons. The zero-order valence-electron chi connectivity index (χ0n) is 6.72. The normalized spacial score (nSPS) is 26.3. The summed E-state index contributed by atoms with van der Waals surface area (Å²) in [4.78, 5) is 0. The Morgan fingerprint density at radius 3 is 2.33 bits per heavy atom. The van der Waals surface area contributed by atoms with Gasteiger partial charge in [0, 0.05) is 0 Å². The van der Waals surface area contributed by atoms with Crippen LogP contribution in [0.1, 0.15) is 20.3 Å². The maximum atomic E-state index is 4.29. The maximum absolute atomic E-state index is 4.29. The van der Waals surface area contributed by atoms with E-state index in [1.165, 1.54) is 6.42 Å². The van der Waals surface area contributed by atoms with Crippen LogP contribution in [0.3, 0.4) is 0 Å². The van der Waals surface area contributed by atoms with E-state index in [9.17, 15) is 0 Å². The summed E-state index contributed by atoms with van der Waals surface area (Å²) in [5, 5.41) is 4.29. The molecule has 1 heterocycles. The average molecular weight is 198 g/mol. The molecule has 0 aliphatic carbocycles. The molecule has 1 nitrogen and oxygen atoms in total. The third-order valence-corrected chi connectivity index (χ3v) is 1.96. The van der Waals surface area contributed by atoms with Crippen LogP contribution in [0.4, 0.5) is 0 Å². The monoisotopic (exact) mass is 197 g/mol. The number of hydrogen-bond acceptors (Lipinski definition) is 0. The molecule has 0 spiro atoms. The van der Waals surface area contributed by atoms with E-state index >= 15 is 0 Å². The van der Waals surface area contributed by atoms with Gasteiger partial charge in [-0.05, 0) is 5.92 Å². The molecule has 0 aromatic carbocycles. The van der Waals surface area contributed by atoms with E-state index in [2.05, 4.69) is 19.2 Å². The maximum Gasteiger partial charge on any atom is 1.00 e. The topological polar surface area (TPSA) is 14.1 Å². The summed E-state index contributed by atoms with van der Waals surface area (Å²) in [7, 11) is 0. The molecule has 0 radical (unpaired) electrons. The molecule has 1 rings (SSSR count). The molecule has 0 N–H and O–H groups in total. The van der Waals surface area contributed by atoms with Crippen molar-refractivity contribution in [1.29, 1.82) is 0 Å². The average Bonchev–Trinajstić information content (AvgIpc) is 2.12. The third-order valence-electron chi connectivity index (χ3n) is 1.96. The van der Waals surface area contributed by atoms with Crippen LogP contribution in [0.15, 0.2) is 0 Å². The van der Waals surface area contributed by atoms with E-state index in [4.69, 9.17) is 0 Å².